The van der Waals surface area contributed by atoms with Gasteiger partial charge in [0.15, 0.2) is 0 Å². The maximum atomic E-state index is 12.9. The average Bonchev–Trinajstić information content (AvgIpc) is 3.12. The van der Waals surface area contributed by atoms with Crippen LogP contribution in [0.25, 0.3) is 10.8 Å². The lowest BCUT2D eigenvalue weighted by Gasteiger charge is -2.24. The van der Waals surface area contributed by atoms with Gasteiger partial charge in [0.2, 0.25) is 5.91 Å². The molecular weight excluding hydrogens is 454 g/mol. The quantitative estimate of drug-likeness (QED) is 0.719. The minimum Gasteiger partial charge on any atom is -0.481 e. The first-order valence-corrected chi connectivity index (χ1v) is 9.29. The highest BCUT2D eigenvalue weighted by Gasteiger charge is 2.58. The third kappa shape index (κ3) is 2.61. The molecule has 2 bridgehead atoms. The highest BCUT2D eigenvalue weighted by molar-refractivity contribution is 9.14. The number of carbonyl (C=O) groups is 2. The molecule has 1 fully saturated rings. The van der Waals surface area contributed by atoms with Gasteiger partial charge in [0.25, 0.3) is 0 Å². The van der Waals surface area contributed by atoms with E-state index in [1.54, 1.807) is 0 Å². The molecule has 4 atom stereocenters. The Morgan fingerprint density at radius 3 is 2.32 bits per heavy atom. The number of carboxylic acids is 1. The van der Waals surface area contributed by atoms with E-state index in [0.717, 1.165) is 10.8 Å². The normalized spacial score (nSPS) is 27.8. The van der Waals surface area contributed by atoms with Crippen LogP contribution < -0.4 is 5.32 Å². The minimum atomic E-state index is -1.04. The zero-order valence-corrected chi connectivity index (χ0v) is 16.0. The predicted molar refractivity (Wildman–Crippen MR) is 101 cm³/mol. The van der Waals surface area contributed by atoms with Crippen molar-refractivity contribution in [3.8, 4) is 0 Å². The van der Waals surface area contributed by atoms with Crippen molar-refractivity contribution in [2.24, 2.45) is 11.8 Å². The Morgan fingerprint density at radius 1 is 0.960 bits per heavy atom. The molecule has 2 aliphatic heterocycles. The first-order chi connectivity index (χ1) is 12.0. The van der Waals surface area contributed by atoms with Crippen LogP contribution in [0.1, 0.15) is 0 Å². The second kappa shape index (κ2) is 6.23. The van der Waals surface area contributed by atoms with Crippen molar-refractivity contribution in [1.82, 2.24) is 0 Å². The molecule has 0 aromatic heterocycles. The monoisotopic (exact) mass is 465 g/mol. The summed E-state index contributed by atoms with van der Waals surface area (Å²) in [7, 11) is 0. The molecule has 2 N–H and O–H groups in total. The van der Waals surface area contributed by atoms with Gasteiger partial charge in [-0.25, -0.2) is 0 Å². The molecule has 1 amide bonds. The van der Waals surface area contributed by atoms with Crippen molar-refractivity contribution in [2.45, 2.75) is 12.2 Å². The van der Waals surface area contributed by atoms with Crippen molar-refractivity contribution < 1.29 is 19.4 Å². The molecule has 7 heteroatoms. The highest BCUT2D eigenvalue weighted by Crippen LogP contribution is 2.51. The van der Waals surface area contributed by atoms with Crippen LogP contribution in [0.4, 0.5) is 5.69 Å². The summed E-state index contributed by atoms with van der Waals surface area (Å²) in [6.07, 6.45) is -1.23. The fourth-order valence-electron chi connectivity index (χ4n) is 3.54. The van der Waals surface area contributed by atoms with Crippen LogP contribution in [0.3, 0.4) is 0 Å². The fraction of sp³-hybridized carbons (Fsp3) is 0.222. The minimum absolute atomic E-state index is 0.354. The Bertz CT molecular complexity index is 921. The number of carbonyl (C=O) groups excluding carboxylic acids is 1. The first kappa shape index (κ1) is 16.8. The molecule has 2 aliphatic rings. The van der Waals surface area contributed by atoms with Gasteiger partial charge in [-0.05, 0) is 11.5 Å². The summed E-state index contributed by atoms with van der Waals surface area (Å²) < 4.78 is 7.09. The molecule has 1 saturated heterocycles. The summed E-state index contributed by atoms with van der Waals surface area (Å²) in [5.41, 5.74) is 0.661. The summed E-state index contributed by atoms with van der Waals surface area (Å²) in [5, 5.41) is 14.4. The number of carboxylic acid groups (broad SMARTS) is 1. The number of aliphatic carboxylic acids is 1. The van der Waals surface area contributed by atoms with E-state index < -0.39 is 30.0 Å². The molecule has 0 aliphatic carbocycles. The maximum absolute atomic E-state index is 12.9. The zero-order valence-electron chi connectivity index (χ0n) is 12.8. The van der Waals surface area contributed by atoms with E-state index in [0.29, 0.717) is 14.7 Å². The van der Waals surface area contributed by atoms with E-state index in [-0.39, 0.29) is 5.91 Å². The lowest BCUT2D eigenvalue weighted by molar-refractivity contribution is -0.146. The maximum Gasteiger partial charge on any atom is 0.310 e. The van der Waals surface area contributed by atoms with Gasteiger partial charge in [-0.1, -0.05) is 68.3 Å². The number of ether oxygens (including phenoxy) is 1. The number of hydrogen-bond donors (Lipinski definition) is 2. The van der Waals surface area contributed by atoms with Gasteiger partial charge >= 0.3 is 5.97 Å². The van der Waals surface area contributed by atoms with E-state index in [1.807, 2.05) is 42.5 Å². The Labute approximate surface area is 160 Å². The van der Waals surface area contributed by atoms with Crippen molar-refractivity contribution in [3.63, 3.8) is 0 Å². The van der Waals surface area contributed by atoms with E-state index >= 15 is 0 Å². The largest absolute Gasteiger partial charge is 0.481 e. The third-order valence-electron chi connectivity index (χ3n) is 4.70. The Balaban J connectivity index is 1.68. The second-order valence-corrected chi connectivity index (χ2v) is 7.79. The number of amides is 1. The molecule has 2 aromatic carbocycles. The summed E-state index contributed by atoms with van der Waals surface area (Å²) in [6, 6.07) is 13.3. The fourth-order valence-corrected chi connectivity index (χ4v) is 4.78. The first-order valence-electron chi connectivity index (χ1n) is 7.71. The Kier molecular flexibility index (Phi) is 4.17. The SMILES string of the molecule is O=C(O)C1C2OC(C(Br)=C2Br)C1C(=O)Nc1cccc2ccccc12. The standard InChI is InChI=1S/C18H13Br2NO4/c19-13-14(20)16-12(18(23)24)11(15(13)25-16)17(22)21-10-7-3-5-8-4-1-2-6-9(8)10/h1-7,11-12,15-16H,(H,21,22)(H,23,24). The van der Waals surface area contributed by atoms with Crippen molar-refractivity contribution in [2.75, 3.05) is 5.32 Å². The number of anilines is 1. The van der Waals surface area contributed by atoms with Crippen LogP contribution >= 0.6 is 31.9 Å². The van der Waals surface area contributed by atoms with Crippen LogP contribution in [-0.4, -0.2) is 29.2 Å². The molecule has 25 heavy (non-hydrogen) atoms. The lowest BCUT2D eigenvalue weighted by atomic mass is 9.82. The number of halogens is 2. The van der Waals surface area contributed by atoms with E-state index in [2.05, 4.69) is 37.2 Å². The van der Waals surface area contributed by atoms with Crippen molar-refractivity contribution in [1.29, 1.82) is 0 Å². The van der Waals surface area contributed by atoms with Gasteiger partial charge < -0.3 is 15.2 Å². The molecule has 4 rings (SSSR count). The van der Waals surface area contributed by atoms with Gasteiger partial charge in [-0.3, -0.25) is 9.59 Å². The molecule has 4 unspecified atom stereocenters. The second-order valence-electron chi connectivity index (χ2n) is 6.08. The van der Waals surface area contributed by atoms with Crippen LogP contribution in [-0.2, 0) is 14.3 Å². The van der Waals surface area contributed by atoms with E-state index in [4.69, 9.17) is 4.74 Å². The smallest absolute Gasteiger partial charge is 0.310 e. The van der Waals surface area contributed by atoms with Gasteiger partial charge in [0.05, 0.1) is 5.92 Å². The number of benzene rings is 2. The predicted octanol–water partition coefficient (Wildman–Crippen LogP) is 3.88. The summed E-state index contributed by atoms with van der Waals surface area (Å²) in [5.74, 6) is -3.11. The summed E-state index contributed by atoms with van der Waals surface area (Å²) in [4.78, 5) is 24.6. The molecule has 0 saturated carbocycles. The van der Waals surface area contributed by atoms with E-state index in [9.17, 15) is 14.7 Å². The van der Waals surface area contributed by atoms with E-state index in [1.165, 1.54) is 0 Å². The molecular formula is C18H13Br2NO4. The number of rotatable bonds is 3. The van der Waals surface area contributed by atoms with Crippen LogP contribution in [0.5, 0.6) is 0 Å². The van der Waals surface area contributed by atoms with Crippen LogP contribution in [0.15, 0.2) is 51.4 Å². The molecule has 2 heterocycles. The molecule has 128 valence electrons. The van der Waals surface area contributed by atoms with Crippen LogP contribution in [0.2, 0.25) is 0 Å². The van der Waals surface area contributed by atoms with Crippen molar-refractivity contribution >= 4 is 60.2 Å². The summed E-state index contributed by atoms with van der Waals surface area (Å²) >= 11 is 6.76. The van der Waals surface area contributed by atoms with Crippen LogP contribution in [0, 0.1) is 11.8 Å². The van der Waals surface area contributed by atoms with Crippen molar-refractivity contribution in [3.05, 3.63) is 51.4 Å². The molecule has 0 spiro atoms. The molecule has 5 nitrogen and oxygen atoms in total. The molecule has 0 radical (unpaired) electrons. The van der Waals surface area contributed by atoms with Gasteiger partial charge in [-0.2, -0.15) is 0 Å². The number of hydrogen-bond acceptors (Lipinski definition) is 3. The summed E-state index contributed by atoms with van der Waals surface area (Å²) in [6.45, 7) is 0. The van der Waals surface area contributed by atoms with Gasteiger partial charge in [0, 0.05) is 20.0 Å². The Morgan fingerprint density at radius 2 is 1.60 bits per heavy atom. The third-order valence-corrected chi connectivity index (χ3v) is 6.98. The lowest BCUT2D eigenvalue weighted by Crippen LogP contribution is -2.41. The Hall–Kier alpha value is -1.70. The number of nitrogens with one attached hydrogen (secondary N) is 1. The average molecular weight is 467 g/mol. The zero-order chi connectivity index (χ0) is 17.7. The molecule has 2 aromatic rings. The van der Waals surface area contributed by atoms with Gasteiger partial charge in [-0.15, -0.1) is 0 Å². The highest BCUT2D eigenvalue weighted by atomic mass is 79.9. The topological polar surface area (TPSA) is 75.6 Å². The number of fused-ring (bicyclic) bond motifs is 3. The van der Waals surface area contributed by atoms with Gasteiger partial charge in [0.1, 0.15) is 18.1 Å².